The van der Waals surface area contributed by atoms with E-state index in [1.165, 1.54) is 18.4 Å². The van der Waals surface area contributed by atoms with E-state index in [0.29, 0.717) is 5.75 Å². The Bertz CT molecular complexity index is 661. The lowest BCUT2D eigenvalue weighted by Crippen LogP contribution is -2.45. The van der Waals surface area contributed by atoms with E-state index in [4.69, 9.17) is 4.74 Å². The summed E-state index contributed by atoms with van der Waals surface area (Å²) in [5.41, 5.74) is 1.21. The van der Waals surface area contributed by atoms with Crippen molar-refractivity contribution in [3.63, 3.8) is 0 Å². The van der Waals surface area contributed by atoms with Gasteiger partial charge < -0.3 is 20.1 Å². The molecule has 1 saturated heterocycles. The first kappa shape index (κ1) is 21.2. The number of likely N-dealkylation sites (tertiary alicyclic amines) is 1. The predicted octanol–water partition coefficient (Wildman–Crippen LogP) is 3.65. The summed E-state index contributed by atoms with van der Waals surface area (Å²) < 4.78 is 5.40. The first-order valence-electron chi connectivity index (χ1n) is 9.77. The number of rotatable bonds is 6. The Kier molecular flexibility index (Phi) is 7.25. The summed E-state index contributed by atoms with van der Waals surface area (Å²) in [6.07, 6.45) is 3.76. The average molecular weight is 376 g/mol. The first-order valence-corrected chi connectivity index (χ1v) is 9.77. The maximum atomic E-state index is 12.2. The highest BCUT2D eigenvalue weighted by Gasteiger charge is 2.33. The third-order valence-electron chi connectivity index (χ3n) is 5.56. The van der Waals surface area contributed by atoms with Gasteiger partial charge in [0.25, 0.3) is 0 Å². The van der Waals surface area contributed by atoms with Gasteiger partial charge in [0.1, 0.15) is 11.8 Å². The van der Waals surface area contributed by atoms with E-state index in [1.54, 1.807) is 19.9 Å². The summed E-state index contributed by atoms with van der Waals surface area (Å²) in [5.74, 6) is -0.856. The fraction of sp³-hybridized carbons (Fsp3) is 0.619. The molecule has 0 saturated carbocycles. The molecule has 150 valence electrons. The normalized spacial score (nSPS) is 22.1. The molecule has 2 rings (SSSR count). The molecule has 1 unspecified atom stereocenters. The van der Waals surface area contributed by atoms with Gasteiger partial charge in [-0.15, -0.1) is 0 Å². The molecule has 1 aliphatic rings. The van der Waals surface area contributed by atoms with Crippen LogP contribution >= 0.6 is 0 Å². The van der Waals surface area contributed by atoms with Crippen LogP contribution < -0.4 is 10.1 Å². The van der Waals surface area contributed by atoms with Gasteiger partial charge >= 0.3 is 12.1 Å². The highest BCUT2D eigenvalue weighted by molar-refractivity contribution is 5.81. The number of carboxylic acids is 1. The SMILES string of the molecule is CCC1(c2cccc(OC(=O)N[C@@H](C(=O)O)C(C)C)c2)CCCCN(C)C1. The van der Waals surface area contributed by atoms with Gasteiger partial charge in [0.05, 0.1) is 0 Å². The highest BCUT2D eigenvalue weighted by atomic mass is 16.6. The fourth-order valence-electron chi connectivity index (χ4n) is 3.91. The second kappa shape index (κ2) is 9.22. The highest BCUT2D eigenvalue weighted by Crippen LogP contribution is 2.37. The lowest BCUT2D eigenvalue weighted by Gasteiger charge is -2.35. The molecule has 1 aromatic carbocycles. The number of ether oxygens (including phenoxy) is 1. The van der Waals surface area contributed by atoms with E-state index < -0.39 is 18.1 Å². The number of hydrogen-bond acceptors (Lipinski definition) is 4. The van der Waals surface area contributed by atoms with Crippen molar-refractivity contribution in [1.29, 1.82) is 0 Å². The molecule has 0 aromatic heterocycles. The monoisotopic (exact) mass is 376 g/mol. The Morgan fingerprint density at radius 3 is 2.70 bits per heavy atom. The van der Waals surface area contributed by atoms with Crippen LogP contribution in [0.4, 0.5) is 4.79 Å². The summed E-state index contributed by atoms with van der Waals surface area (Å²) in [4.78, 5) is 25.8. The number of likely N-dealkylation sites (N-methyl/N-ethyl adjacent to an activating group) is 1. The van der Waals surface area contributed by atoms with Crippen LogP contribution in [0.5, 0.6) is 5.75 Å². The van der Waals surface area contributed by atoms with E-state index in [2.05, 4.69) is 30.3 Å². The molecule has 1 heterocycles. The summed E-state index contributed by atoms with van der Waals surface area (Å²) in [6.45, 7) is 7.78. The molecular formula is C21H32N2O4. The second-order valence-electron chi connectivity index (χ2n) is 7.95. The van der Waals surface area contributed by atoms with Crippen LogP contribution in [0.25, 0.3) is 0 Å². The molecular weight excluding hydrogens is 344 g/mol. The van der Waals surface area contributed by atoms with Gasteiger partial charge in [0.15, 0.2) is 0 Å². The number of nitrogens with one attached hydrogen (secondary N) is 1. The number of aliphatic carboxylic acids is 1. The van der Waals surface area contributed by atoms with Crippen LogP contribution in [0.15, 0.2) is 24.3 Å². The third-order valence-corrected chi connectivity index (χ3v) is 5.56. The predicted molar refractivity (Wildman–Crippen MR) is 105 cm³/mol. The minimum atomic E-state index is -1.07. The molecule has 1 fully saturated rings. The zero-order valence-corrected chi connectivity index (χ0v) is 16.8. The Morgan fingerprint density at radius 1 is 1.33 bits per heavy atom. The molecule has 0 aliphatic carbocycles. The van der Waals surface area contributed by atoms with Crippen LogP contribution in [-0.2, 0) is 10.2 Å². The Hall–Kier alpha value is -2.08. The van der Waals surface area contributed by atoms with Crippen LogP contribution in [0.3, 0.4) is 0 Å². The van der Waals surface area contributed by atoms with E-state index in [1.807, 2.05) is 12.1 Å². The molecule has 1 aromatic rings. The van der Waals surface area contributed by atoms with Gasteiger partial charge in [-0.05, 0) is 56.5 Å². The van der Waals surface area contributed by atoms with Crippen molar-refractivity contribution in [1.82, 2.24) is 10.2 Å². The maximum Gasteiger partial charge on any atom is 0.413 e. The minimum absolute atomic E-state index is 0.0443. The van der Waals surface area contributed by atoms with Crippen molar-refractivity contribution < 1.29 is 19.4 Å². The Labute approximate surface area is 161 Å². The topological polar surface area (TPSA) is 78.9 Å². The van der Waals surface area contributed by atoms with Gasteiger partial charge in [-0.3, -0.25) is 0 Å². The first-order chi connectivity index (χ1) is 12.8. The van der Waals surface area contributed by atoms with E-state index in [0.717, 1.165) is 25.9 Å². The van der Waals surface area contributed by atoms with Crippen molar-refractivity contribution in [2.75, 3.05) is 20.1 Å². The molecule has 27 heavy (non-hydrogen) atoms. The van der Waals surface area contributed by atoms with E-state index in [-0.39, 0.29) is 11.3 Å². The minimum Gasteiger partial charge on any atom is -0.480 e. The molecule has 0 radical (unpaired) electrons. The van der Waals surface area contributed by atoms with Crippen LogP contribution in [0.1, 0.15) is 52.0 Å². The summed E-state index contributed by atoms with van der Waals surface area (Å²) in [5, 5.41) is 11.7. The smallest absolute Gasteiger partial charge is 0.413 e. The number of benzene rings is 1. The van der Waals surface area contributed by atoms with Gasteiger partial charge in [-0.1, -0.05) is 39.3 Å². The Balaban J connectivity index is 2.16. The quantitative estimate of drug-likeness (QED) is 0.792. The molecule has 2 atom stereocenters. The largest absolute Gasteiger partial charge is 0.480 e. The van der Waals surface area contributed by atoms with Gasteiger partial charge in [0, 0.05) is 12.0 Å². The second-order valence-corrected chi connectivity index (χ2v) is 7.95. The fourth-order valence-corrected chi connectivity index (χ4v) is 3.91. The molecule has 0 spiro atoms. The number of amides is 1. The maximum absolute atomic E-state index is 12.2. The number of carbonyl (C=O) groups is 2. The third kappa shape index (κ3) is 5.45. The van der Waals surface area contributed by atoms with Gasteiger partial charge in [-0.25, -0.2) is 9.59 Å². The summed E-state index contributed by atoms with van der Waals surface area (Å²) in [7, 11) is 2.15. The van der Waals surface area contributed by atoms with Gasteiger partial charge in [0.2, 0.25) is 0 Å². The van der Waals surface area contributed by atoms with Crippen molar-refractivity contribution in [2.45, 2.75) is 57.9 Å². The number of carboxylic acid groups (broad SMARTS) is 1. The van der Waals surface area contributed by atoms with Crippen LogP contribution in [-0.4, -0.2) is 48.2 Å². The van der Waals surface area contributed by atoms with Crippen molar-refractivity contribution in [3.05, 3.63) is 29.8 Å². The molecule has 1 amide bonds. The van der Waals surface area contributed by atoms with Crippen molar-refractivity contribution in [2.24, 2.45) is 5.92 Å². The molecule has 6 heteroatoms. The van der Waals surface area contributed by atoms with E-state index >= 15 is 0 Å². The summed E-state index contributed by atoms with van der Waals surface area (Å²) in [6, 6.07) is 6.68. The summed E-state index contributed by atoms with van der Waals surface area (Å²) >= 11 is 0. The van der Waals surface area contributed by atoms with Crippen LogP contribution in [0.2, 0.25) is 0 Å². The van der Waals surface area contributed by atoms with Gasteiger partial charge in [-0.2, -0.15) is 0 Å². The van der Waals surface area contributed by atoms with E-state index in [9.17, 15) is 14.7 Å². The van der Waals surface area contributed by atoms with Crippen LogP contribution in [0, 0.1) is 5.92 Å². The van der Waals surface area contributed by atoms with Crippen molar-refractivity contribution in [3.8, 4) is 5.75 Å². The lowest BCUT2D eigenvalue weighted by atomic mass is 9.74. The average Bonchev–Trinajstić information content (AvgIpc) is 2.81. The lowest BCUT2D eigenvalue weighted by molar-refractivity contribution is -0.140. The standard InChI is InChI=1S/C21H32N2O4/c1-5-21(11-6-7-12-23(4)14-21)16-9-8-10-17(13-16)27-20(26)22-18(15(2)3)19(24)25/h8-10,13,15,18H,5-7,11-12,14H2,1-4H3,(H,22,26)(H,24,25)/t18-,21?/m1/s1. The molecule has 1 aliphatic heterocycles. The zero-order valence-electron chi connectivity index (χ0n) is 16.8. The molecule has 2 N–H and O–H groups in total. The number of nitrogens with zero attached hydrogens (tertiary/aromatic N) is 1. The molecule has 0 bridgehead atoms. The zero-order chi connectivity index (χ0) is 20.0. The molecule has 6 nitrogen and oxygen atoms in total. The Morgan fingerprint density at radius 2 is 2.07 bits per heavy atom. The number of carbonyl (C=O) groups excluding carboxylic acids is 1. The van der Waals surface area contributed by atoms with Crippen molar-refractivity contribution >= 4 is 12.1 Å². The number of hydrogen-bond donors (Lipinski definition) is 2.